The summed E-state index contributed by atoms with van der Waals surface area (Å²) >= 11 is 0. The number of benzene rings is 2. The zero-order valence-electron chi connectivity index (χ0n) is 18.0. The van der Waals surface area contributed by atoms with Crippen LogP contribution in [0.1, 0.15) is 17.5 Å². The Balaban J connectivity index is 1.26. The van der Waals surface area contributed by atoms with E-state index >= 15 is 0 Å². The maximum absolute atomic E-state index is 12.4. The second-order valence-electron chi connectivity index (χ2n) is 7.83. The molecule has 0 unspecified atom stereocenters. The Bertz CT molecular complexity index is 1300. The maximum Gasteiger partial charge on any atom is 0.231 e. The fourth-order valence-corrected chi connectivity index (χ4v) is 3.88. The number of rotatable bonds is 7. The number of pyridine rings is 1. The fourth-order valence-electron chi connectivity index (χ4n) is 3.88. The molecule has 1 aliphatic rings. The van der Waals surface area contributed by atoms with E-state index in [2.05, 4.69) is 10.1 Å². The summed E-state index contributed by atoms with van der Waals surface area (Å²) in [6.45, 7) is 2.23. The van der Waals surface area contributed by atoms with Gasteiger partial charge in [0.1, 0.15) is 12.3 Å². The average Bonchev–Trinajstić information content (AvgIpc) is 3.41. The van der Waals surface area contributed by atoms with Gasteiger partial charge in [-0.3, -0.25) is 4.79 Å². The molecule has 162 valence electrons. The topological polar surface area (TPSA) is 75.5 Å². The molecule has 0 atom stereocenters. The van der Waals surface area contributed by atoms with Crippen molar-refractivity contribution in [3.63, 3.8) is 0 Å². The zero-order valence-corrected chi connectivity index (χ0v) is 18.0. The van der Waals surface area contributed by atoms with Crippen LogP contribution in [0.15, 0.2) is 54.6 Å². The van der Waals surface area contributed by atoms with Crippen molar-refractivity contribution >= 4 is 16.8 Å². The first-order chi connectivity index (χ1) is 15.6. The van der Waals surface area contributed by atoms with Gasteiger partial charge in [-0.1, -0.05) is 36.4 Å². The van der Waals surface area contributed by atoms with Crippen LogP contribution in [0.5, 0.6) is 17.4 Å². The summed E-state index contributed by atoms with van der Waals surface area (Å²) in [6, 6.07) is 17.6. The van der Waals surface area contributed by atoms with Crippen LogP contribution in [0.25, 0.3) is 22.3 Å². The van der Waals surface area contributed by atoms with Crippen LogP contribution < -0.4 is 14.2 Å². The highest BCUT2D eigenvalue weighted by atomic mass is 16.7. The van der Waals surface area contributed by atoms with Crippen LogP contribution in [0, 0.1) is 6.92 Å². The summed E-state index contributed by atoms with van der Waals surface area (Å²) in [4.78, 5) is 17.0. The van der Waals surface area contributed by atoms with E-state index < -0.39 is 0 Å². The summed E-state index contributed by atoms with van der Waals surface area (Å²) < 4.78 is 18.2. The molecule has 0 radical (unpaired) electrons. The van der Waals surface area contributed by atoms with Gasteiger partial charge in [0.15, 0.2) is 22.9 Å². The van der Waals surface area contributed by atoms with Gasteiger partial charge in [-0.25, -0.2) is 4.68 Å². The van der Waals surface area contributed by atoms with Crippen molar-refractivity contribution in [2.24, 2.45) is 7.05 Å². The summed E-state index contributed by atoms with van der Waals surface area (Å²) in [5.74, 6) is 1.90. The number of fused-ring (bicyclic) bond motifs is 2. The molecule has 7 nitrogen and oxygen atoms in total. The number of ether oxygens (including phenoxy) is 3. The molecular formula is C25H23N3O4. The lowest BCUT2D eigenvalue weighted by atomic mass is 10.1. The maximum atomic E-state index is 12.4. The molecule has 0 aliphatic carbocycles. The number of ketones is 1. The van der Waals surface area contributed by atoms with E-state index in [1.54, 1.807) is 4.68 Å². The number of carbonyl (C=O) groups excluding carboxylic acids is 1. The molecule has 7 heteroatoms. The van der Waals surface area contributed by atoms with Gasteiger partial charge in [0.05, 0.1) is 5.39 Å². The summed E-state index contributed by atoms with van der Waals surface area (Å²) in [5.41, 5.74) is 4.69. The minimum absolute atomic E-state index is 0.0113. The van der Waals surface area contributed by atoms with E-state index in [9.17, 15) is 4.79 Å². The highest BCUT2D eigenvalue weighted by molar-refractivity contribution is 5.94. The average molecular weight is 429 g/mol. The van der Waals surface area contributed by atoms with Crippen molar-refractivity contribution in [3.8, 4) is 28.6 Å². The summed E-state index contributed by atoms with van der Waals surface area (Å²) in [6.07, 6.45) is 0.997. The highest BCUT2D eigenvalue weighted by Gasteiger charge is 2.17. The van der Waals surface area contributed by atoms with Crippen molar-refractivity contribution in [1.82, 2.24) is 14.8 Å². The van der Waals surface area contributed by atoms with Gasteiger partial charge in [0, 0.05) is 25.1 Å². The third-order valence-corrected chi connectivity index (χ3v) is 5.53. The lowest BCUT2D eigenvalue weighted by molar-refractivity contribution is -0.121. The Morgan fingerprint density at radius 2 is 1.91 bits per heavy atom. The van der Waals surface area contributed by atoms with Crippen molar-refractivity contribution in [2.45, 2.75) is 19.8 Å². The zero-order chi connectivity index (χ0) is 22.1. The van der Waals surface area contributed by atoms with Gasteiger partial charge in [-0.2, -0.15) is 10.1 Å². The first kappa shape index (κ1) is 20.1. The second kappa shape index (κ2) is 8.34. The third kappa shape index (κ3) is 3.89. The van der Waals surface area contributed by atoms with E-state index in [4.69, 9.17) is 14.2 Å². The van der Waals surface area contributed by atoms with Crippen LogP contribution in [-0.2, 0) is 18.3 Å². The molecule has 32 heavy (non-hydrogen) atoms. The standard InChI is InChI=1S/C25H23N3O4/c1-16-12-22(26-25-23(16)24(27-28(25)2)18-6-4-3-5-7-18)30-14-19(29)10-8-17-9-11-20-21(13-17)32-15-31-20/h3-7,9,11-13H,8,10,14-15H2,1-2H3. The molecular weight excluding hydrogens is 406 g/mol. The van der Waals surface area contributed by atoms with Crippen molar-refractivity contribution in [3.05, 3.63) is 65.7 Å². The number of aromatic nitrogens is 3. The van der Waals surface area contributed by atoms with E-state index in [0.29, 0.717) is 18.7 Å². The molecule has 2 aromatic carbocycles. The van der Waals surface area contributed by atoms with Crippen LogP contribution in [0.2, 0.25) is 0 Å². The van der Waals surface area contributed by atoms with E-state index in [-0.39, 0.29) is 19.2 Å². The number of hydrogen-bond donors (Lipinski definition) is 0. The lowest BCUT2D eigenvalue weighted by Crippen LogP contribution is -2.13. The Kier molecular flexibility index (Phi) is 5.23. The van der Waals surface area contributed by atoms with Gasteiger partial charge in [0.25, 0.3) is 0 Å². The molecule has 5 rings (SSSR count). The smallest absolute Gasteiger partial charge is 0.231 e. The largest absolute Gasteiger partial charge is 0.470 e. The van der Waals surface area contributed by atoms with Crippen molar-refractivity contribution in [1.29, 1.82) is 0 Å². The summed E-state index contributed by atoms with van der Waals surface area (Å²) in [7, 11) is 1.86. The van der Waals surface area contributed by atoms with Gasteiger partial charge in [0.2, 0.25) is 12.7 Å². The Hall–Kier alpha value is -3.87. The van der Waals surface area contributed by atoms with Crippen LogP contribution in [0.3, 0.4) is 0 Å². The summed E-state index contributed by atoms with van der Waals surface area (Å²) in [5, 5.41) is 5.64. The molecule has 4 aromatic rings. The number of carbonyl (C=O) groups is 1. The minimum Gasteiger partial charge on any atom is -0.470 e. The second-order valence-corrected chi connectivity index (χ2v) is 7.83. The van der Waals surface area contributed by atoms with Gasteiger partial charge in [-0.05, 0) is 36.6 Å². The Labute approximate surface area is 185 Å². The highest BCUT2D eigenvalue weighted by Crippen LogP contribution is 2.33. The van der Waals surface area contributed by atoms with Crippen molar-refractivity contribution in [2.75, 3.05) is 13.4 Å². The van der Waals surface area contributed by atoms with Gasteiger partial charge < -0.3 is 14.2 Å². The number of Topliss-reactive ketones (excluding diaryl/α,β-unsaturated/α-hetero) is 1. The predicted octanol–water partition coefficient (Wildman–Crippen LogP) is 4.25. The SMILES string of the molecule is Cc1cc(OCC(=O)CCc2ccc3c(c2)OCO3)nc2c1c(-c1ccccc1)nn2C. The molecule has 0 saturated carbocycles. The molecule has 3 heterocycles. The van der Waals surface area contributed by atoms with Gasteiger partial charge in [-0.15, -0.1) is 0 Å². The van der Waals surface area contributed by atoms with Gasteiger partial charge >= 0.3 is 0 Å². The monoisotopic (exact) mass is 429 g/mol. The molecule has 0 fully saturated rings. The molecule has 0 bridgehead atoms. The normalized spacial score (nSPS) is 12.3. The van der Waals surface area contributed by atoms with E-state index in [1.165, 1.54) is 0 Å². The van der Waals surface area contributed by atoms with Crippen molar-refractivity contribution < 1.29 is 19.0 Å². The Morgan fingerprint density at radius 1 is 1.09 bits per heavy atom. The number of hydrogen-bond acceptors (Lipinski definition) is 6. The fraction of sp³-hybridized carbons (Fsp3) is 0.240. The first-order valence-electron chi connectivity index (χ1n) is 10.5. The lowest BCUT2D eigenvalue weighted by Gasteiger charge is -2.08. The van der Waals surface area contributed by atoms with Crippen LogP contribution in [-0.4, -0.2) is 33.9 Å². The van der Waals surface area contributed by atoms with Crippen LogP contribution in [0.4, 0.5) is 0 Å². The Morgan fingerprint density at radius 3 is 2.75 bits per heavy atom. The molecule has 0 amide bonds. The van der Waals surface area contributed by atoms with E-state index in [1.807, 2.05) is 68.6 Å². The molecule has 2 aromatic heterocycles. The molecule has 0 spiro atoms. The number of aryl methyl sites for hydroxylation is 3. The minimum atomic E-state index is -0.0219. The molecule has 0 saturated heterocycles. The van der Waals surface area contributed by atoms with E-state index in [0.717, 1.165) is 44.9 Å². The molecule has 1 aliphatic heterocycles. The quantitative estimate of drug-likeness (QED) is 0.437. The number of nitrogens with zero attached hydrogens (tertiary/aromatic N) is 3. The molecule has 0 N–H and O–H groups in total. The first-order valence-corrected chi connectivity index (χ1v) is 10.5. The third-order valence-electron chi connectivity index (χ3n) is 5.53. The van der Waals surface area contributed by atoms with Crippen LogP contribution >= 0.6 is 0 Å². The predicted molar refractivity (Wildman–Crippen MR) is 120 cm³/mol.